The van der Waals surface area contributed by atoms with Crippen molar-refractivity contribution in [2.75, 3.05) is 26.8 Å². The molecule has 1 fully saturated rings. The largest absolute Gasteiger partial charge is 0.388 e. The number of aryl methyl sites for hydroxylation is 1. The number of rotatable bonds is 3. The van der Waals surface area contributed by atoms with E-state index in [0.29, 0.717) is 31.6 Å². The molecule has 0 aliphatic carbocycles. The van der Waals surface area contributed by atoms with Gasteiger partial charge in [0.15, 0.2) is 0 Å². The van der Waals surface area contributed by atoms with Crippen LogP contribution < -0.4 is 0 Å². The molecule has 0 atom stereocenters. The summed E-state index contributed by atoms with van der Waals surface area (Å²) in [5.41, 5.74) is -0.165. The minimum Gasteiger partial charge on any atom is -0.388 e. The smallest absolute Gasteiger partial charge is 0.292 e. The van der Waals surface area contributed by atoms with Crippen molar-refractivity contribution in [2.24, 2.45) is 0 Å². The van der Waals surface area contributed by atoms with Gasteiger partial charge in [0.05, 0.1) is 11.8 Å². The first kappa shape index (κ1) is 13.0. The molecule has 0 radical (unpaired) electrons. The fraction of sp³-hybridized carbons (Fsp3) is 0.667. The van der Waals surface area contributed by atoms with Gasteiger partial charge in [0.1, 0.15) is 0 Å². The second-order valence-electron chi connectivity index (χ2n) is 4.84. The summed E-state index contributed by atoms with van der Waals surface area (Å²) >= 11 is 0. The molecule has 0 aromatic carbocycles. The quantitative estimate of drug-likeness (QED) is 0.854. The number of carbonyl (C=O) groups is 1. The topological polar surface area (TPSA) is 75.8 Å². The average Bonchev–Trinajstić information content (AvgIpc) is 2.74. The van der Waals surface area contributed by atoms with Gasteiger partial charge in [-0.15, -0.1) is 0 Å². The maximum Gasteiger partial charge on any atom is 0.292 e. The minimum absolute atomic E-state index is 0.230. The zero-order valence-electron chi connectivity index (χ0n) is 10.7. The Balaban J connectivity index is 2.01. The molecule has 1 aliphatic rings. The predicted octanol–water partition coefficient (Wildman–Crippen LogP) is 0.597. The van der Waals surface area contributed by atoms with Crippen molar-refractivity contribution in [1.82, 2.24) is 10.1 Å². The van der Waals surface area contributed by atoms with Gasteiger partial charge < -0.3 is 19.3 Å². The van der Waals surface area contributed by atoms with Crippen molar-refractivity contribution in [2.45, 2.75) is 25.4 Å². The number of likely N-dealkylation sites (N-methyl/N-ethyl adjacent to an activating group) is 1. The Morgan fingerprint density at radius 2 is 2.22 bits per heavy atom. The highest BCUT2D eigenvalue weighted by Gasteiger charge is 2.33. The van der Waals surface area contributed by atoms with Crippen molar-refractivity contribution >= 4 is 5.91 Å². The first-order valence-electron chi connectivity index (χ1n) is 5.99. The summed E-state index contributed by atoms with van der Waals surface area (Å²) in [6.45, 7) is 3.09. The number of aromatic nitrogens is 1. The number of aliphatic hydroxyl groups is 1. The van der Waals surface area contributed by atoms with Gasteiger partial charge in [0.2, 0.25) is 5.76 Å². The zero-order valence-corrected chi connectivity index (χ0v) is 10.7. The maximum absolute atomic E-state index is 12.1. The van der Waals surface area contributed by atoms with Crippen LogP contribution in [0.3, 0.4) is 0 Å². The van der Waals surface area contributed by atoms with E-state index in [1.165, 1.54) is 11.1 Å². The molecule has 0 unspecified atom stereocenters. The third kappa shape index (κ3) is 2.70. The van der Waals surface area contributed by atoms with Crippen LogP contribution in [0.1, 0.15) is 29.0 Å². The Bertz CT molecular complexity index is 423. The molecule has 2 rings (SSSR count). The summed E-state index contributed by atoms with van der Waals surface area (Å²) in [6, 6.07) is 0. The molecule has 100 valence electrons. The van der Waals surface area contributed by atoms with Gasteiger partial charge >= 0.3 is 0 Å². The number of amides is 1. The molecule has 1 N–H and O–H groups in total. The summed E-state index contributed by atoms with van der Waals surface area (Å²) in [4.78, 5) is 13.6. The van der Waals surface area contributed by atoms with E-state index in [0.717, 1.165) is 0 Å². The third-order valence-electron chi connectivity index (χ3n) is 3.24. The average molecular weight is 254 g/mol. The lowest BCUT2D eigenvalue weighted by molar-refractivity contribution is -0.0736. The van der Waals surface area contributed by atoms with Crippen LogP contribution in [0.25, 0.3) is 0 Å². The van der Waals surface area contributed by atoms with E-state index >= 15 is 0 Å². The molecule has 1 aliphatic heterocycles. The van der Waals surface area contributed by atoms with Crippen molar-refractivity contribution in [3.05, 3.63) is 17.5 Å². The Labute approximate surface area is 106 Å². The number of carbonyl (C=O) groups excluding carboxylic acids is 1. The number of ether oxygens (including phenoxy) is 1. The lowest BCUT2D eigenvalue weighted by Crippen LogP contribution is -2.47. The van der Waals surface area contributed by atoms with E-state index in [4.69, 9.17) is 9.26 Å². The van der Waals surface area contributed by atoms with Crippen LogP contribution in [0, 0.1) is 6.92 Å². The molecule has 0 bridgehead atoms. The molecule has 6 nitrogen and oxygen atoms in total. The van der Waals surface area contributed by atoms with Crippen LogP contribution in [0.15, 0.2) is 10.7 Å². The Kier molecular flexibility index (Phi) is 3.68. The van der Waals surface area contributed by atoms with Crippen molar-refractivity contribution in [3.63, 3.8) is 0 Å². The van der Waals surface area contributed by atoms with Crippen molar-refractivity contribution in [1.29, 1.82) is 0 Å². The van der Waals surface area contributed by atoms with Crippen LogP contribution in [-0.4, -0.2) is 53.5 Å². The summed E-state index contributed by atoms with van der Waals surface area (Å²) in [5, 5.41) is 13.9. The van der Waals surface area contributed by atoms with Crippen LogP contribution in [0.4, 0.5) is 0 Å². The third-order valence-corrected chi connectivity index (χ3v) is 3.24. The second kappa shape index (κ2) is 5.07. The second-order valence-corrected chi connectivity index (χ2v) is 4.84. The van der Waals surface area contributed by atoms with Gasteiger partial charge in [0, 0.05) is 45.2 Å². The predicted molar refractivity (Wildman–Crippen MR) is 63.2 cm³/mol. The molecule has 1 saturated heterocycles. The highest BCUT2D eigenvalue weighted by molar-refractivity contribution is 5.92. The fourth-order valence-corrected chi connectivity index (χ4v) is 2.09. The fourth-order valence-electron chi connectivity index (χ4n) is 2.09. The SMILES string of the molecule is Cc1cnoc1C(=O)N(C)CC1(O)CCOCC1. The lowest BCUT2D eigenvalue weighted by atomic mass is 9.94. The van der Waals surface area contributed by atoms with Crippen molar-refractivity contribution < 1.29 is 19.2 Å². The summed E-state index contributed by atoms with van der Waals surface area (Å²) in [7, 11) is 1.65. The number of nitrogens with zero attached hydrogens (tertiary/aromatic N) is 2. The van der Waals surface area contributed by atoms with Gasteiger partial charge in [-0.1, -0.05) is 5.16 Å². The van der Waals surface area contributed by atoms with Crippen LogP contribution >= 0.6 is 0 Å². The van der Waals surface area contributed by atoms with Gasteiger partial charge in [-0.2, -0.15) is 0 Å². The standard InChI is InChI=1S/C12H18N2O4/c1-9-7-13-18-10(9)11(15)14(2)8-12(16)3-5-17-6-4-12/h7,16H,3-6,8H2,1-2H3. The Morgan fingerprint density at radius 1 is 1.56 bits per heavy atom. The summed E-state index contributed by atoms with van der Waals surface area (Å²) in [5.74, 6) is -0.0296. The highest BCUT2D eigenvalue weighted by atomic mass is 16.5. The van der Waals surface area contributed by atoms with Crippen molar-refractivity contribution in [3.8, 4) is 0 Å². The van der Waals surface area contributed by atoms with Crippen LogP contribution in [-0.2, 0) is 4.74 Å². The van der Waals surface area contributed by atoms with Crippen LogP contribution in [0.5, 0.6) is 0 Å². The zero-order chi connectivity index (χ0) is 13.2. The van der Waals surface area contributed by atoms with E-state index in [-0.39, 0.29) is 18.2 Å². The number of hydrogen-bond acceptors (Lipinski definition) is 5. The molecule has 2 heterocycles. The molecular weight excluding hydrogens is 236 g/mol. The van der Waals surface area contributed by atoms with Gasteiger partial charge in [0.25, 0.3) is 5.91 Å². The first-order valence-corrected chi connectivity index (χ1v) is 5.99. The molecule has 0 spiro atoms. The maximum atomic E-state index is 12.1. The van der Waals surface area contributed by atoms with Gasteiger partial charge in [-0.3, -0.25) is 4.79 Å². The van der Waals surface area contributed by atoms with E-state index in [9.17, 15) is 9.90 Å². The van der Waals surface area contributed by atoms with E-state index in [1.54, 1.807) is 14.0 Å². The molecule has 6 heteroatoms. The van der Waals surface area contributed by atoms with Gasteiger partial charge in [-0.05, 0) is 6.92 Å². The summed E-state index contributed by atoms with van der Waals surface area (Å²) in [6.07, 6.45) is 2.59. The van der Waals surface area contributed by atoms with Crippen LogP contribution in [0.2, 0.25) is 0 Å². The normalized spacial score (nSPS) is 18.6. The number of hydrogen-bond donors (Lipinski definition) is 1. The molecule has 18 heavy (non-hydrogen) atoms. The van der Waals surface area contributed by atoms with E-state index in [1.807, 2.05) is 0 Å². The van der Waals surface area contributed by atoms with E-state index < -0.39 is 5.60 Å². The Morgan fingerprint density at radius 3 is 2.78 bits per heavy atom. The van der Waals surface area contributed by atoms with E-state index in [2.05, 4.69) is 5.16 Å². The minimum atomic E-state index is -0.864. The lowest BCUT2D eigenvalue weighted by Gasteiger charge is -2.35. The highest BCUT2D eigenvalue weighted by Crippen LogP contribution is 2.22. The molecule has 0 saturated carbocycles. The molecule has 1 amide bonds. The Hall–Kier alpha value is -1.40. The first-order chi connectivity index (χ1) is 8.52. The monoisotopic (exact) mass is 254 g/mol. The molecule has 1 aromatic heterocycles. The summed E-state index contributed by atoms with van der Waals surface area (Å²) < 4.78 is 10.1. The van der Waals surface area contributed by atoms with Gasteiger partial charge in [-0.25, -0.2) is 0 Å². The molecular formula is C12H18N2O4. The molecule has 1 aromatic rings.